The monoisotopic (exact) mass is 328 g/mol. The molecule has 0 aromatic heterocycles. The van der Waals surface area contributed by atoms with E-state index in [4.69, 9.17) is 0 Å². The zero-order chi connectivity index (χ0) is 16.3. The first kappa shape index (κ1) is 16.6. The SMILES string of the molecule is CCN(CC)C1=NC(=O)/C(=C\c2cccc(C(F)(F)F)c2)S1. The second kappa shape index (κ2) is 6.56. The lowest BCUT2D eigenvalue weighted by molar-refractivity contribution is -0.137. The van der Waals surface area contributed by atoms with Gasteiger partial charge in [-0.15, -0.1) is 0 Å². The van der Waals surface area contributed by atoms with Crippen LogP contribution in [0.4, 0.5) is 13.2 Å². The summed E-state index contributed by atoms with van der Waals surface area (Å²) in [6, 6.07) is 4.89. The second-order valence-corrected chi connectivity index (χ2v) is 5.61. The average molecular weight is 328 g/mol. The highest BCUT2D eigenvalue weighted by molar-refractivity contribution is 8.18. The first-order chi connectivity index (χ1) is 10.3. The fraction of sp³-hybridized carbons (Fsp3) is 0.333. The standard InChI is InChI=1S/C15H15F3N2OS/c1-3-20(4-2)14-19-13(21)12(22-14)9-10-6-5-7-11(8-10)15(16,17)18/h5-9H,3-4H2,1-2H3/b12-9+. The highest BCUT2D eigenvalue weighted by Crippen LogP contribution is 2.32. The molecule has 2 rings (SSSR count). The Kier molecular flexibility index (Phi) is 4.95. The Morgan fingerprint density at radius 1 is 1.27 bits per heavy atom. The van der Waals surface area contributed by atoms with Crippen LogP contribution in [-0.2, 0) is 11.0 Å². The van der Waals surface area contributed by atoms with Crippen LogP contribution in [0, 0.1) is 0 Å². The third kappa shape index (κ3) is 3.71. The number of halogens is 3. The Labute approximate surface area is 130 Å². The molecule has 1 amide bonds. The van der Waals surface area contributed by atoms with Crippen LogP contribution in [0.15, 0.2) is 34.2 Å². The molecular formula is C15H15F3N2OS. The number of amidine groups is 1. The summed E-state index contributed by atoms with van der Waals surface area (Å²) in [4.78, 5) is 18.1. The van der Waals surface area contributed by atoms with Crippen LogP contribution in [0.25, 0.3) is 6.08 Å². The normalized spacial score (nSPS) is 17.0. The molecule has 0 unspecified atom stereocenters. The van der Waals surface area contributed by atoms with Gasteiger partial charge in [0.15, 0.2) is 5.17 Å². The minimum Gasteiger partial charge on any atom is -0.351 e. The van der Waals surface area contributed by atoms with Crippen LogP contribution >= 0.6 is 11.8 Å². The molecule has 1 aromatic carbocycles. The molecule has 1 aliphatic heterocycles. The summed E-state index contributed by atoms with van der Waals surface area (Å²) >= 11 is 1.19. The van der Waals surface area contributed by atoms with Gasteiger partial charge in [-0.05, 0) is 49.4 Å². The van der Waals surface area contributed by atoms with Crippen molar-refractivity contribution in [2.75, 3.05) is 13.1 Å². The second-order valence-electron chi connectivity index (χ2n) is 4.61. The summed E-state index contributed by atoms with van der Waals surface area (Å²) in [7, 11) is 0. The van der Waals surface area contributed by atoms with E-state index in [0.717, 1.165) is 12.1 Å². The molecule has 1 aliphatic rings. The van der Waals surface area contributed by atoms with Gasteiger partial charge in [0.25, 0.3) is 5.91 Å². The van der Waals surface area contributed by atoms with Gasteiger partial charge in [0.05, 0.1) is 10.5 Å². The van der Waals surface area contributed by atoms with Crippen LogP contribution in [-0.4, -0.2) is 29.1 Å². The third-order valence-corrected chi connectivity index (χ3v) is 4.20. The minimum atomic E-state index is -4.40. The molecule has 0 N–H and O–H groups in total. The summed E-state index contributed by atoms with van der Waals surface area (Å²) < 4.78 is 38.1. The molecular weight excluding hydrogens is 313 g/mol. The fourth-order valence-electron chi connectivity index (χ4n) is 1.98. The van der Waals surface area contributed by atoms with Gasteiger partial charge in [0.2, 0.25) is 0 Å². The summed E-state index contributed by atoms with van der Waals surface area (Å²) in [6.07, 6.45) is -2.95. The summed E-state index contributed by atoms with van der Waals surface area (Å²) in [6.45, 7) is 5.33. The quantitative estimate of drug-likeness (QED) is 0.786. The molecule has 0 saturated carbocycles. The smallest absolute Gasteiger partial charge is 0.351 e. The lowest BCUT2D eigenvalue weighted by atomic mass is 10.1. The summed E-state index contributed by atoms with van der Waals surface area (Å²) in [5.41, 5.74) is -0.399. The van der Waals surface area contributed by atoms with Gasteiger partial charge in [0.1, 0.15) is 0 Å². The molecule has 7 heteroatoms. The van der Waals surface area contributed by atoms with Crippen molar-refractivity contribution in [2.24, 2.45) is 4.99 Å². The molecule has 118 valence electrons. The van der Waals surface area contributed by atoms with Crippen molar-refractivity contribution in [1.82, 2.24) is 4.90 Å². The first-order valence-corrected chi connectivity index (χ1v) is 7.61. The van der Waals surface area contributed by atoms with E-state index in [1.165, 1.54) is 30.0 Å². The topological polar surface area (TPSA) is 32.7 Å². The van der Waals surface area contributed by atoms with E-state index in [1.54, 1.807) is 0 Å². The Hall–Kier alpha value is -1.76. The van der Waals surface area contributed by atoms with Crippen LogP contribution < -0.4 is 0 Å². The summed E-state index contributed by atoms with van der Waals surface area (Å²) in [5, 5.41) is 0.591. The number of hydrogen-bond acceptors (Lipinski definition) is 3. The largest absolute Gasteiger partial charge is 0.416 e. The van der Waals surface area contributed by atoms with Crippen LogP contribution in [0.5, 0.6) is 0 Å². The number of benzene rings is 1. The van der Waals surface area contributed by atoms with Gasteiger partial charge in [-0.1, -0.05) is 12.1 Å². The number of carbonyl (C=O) groups excluding carboxylic acids is 1. The number of hydrogen-bond donors (Lipinski definition) is 0. The van der Waals surface area contributed by atoms with Crippen LogP contribution in [0.2, 0.25) is 0 Å². The van der Waals surface area contributed by atoms with Gasteiger partial charge >= 0.3 is 6.18 Å². The molecule has 0 atom stereocenters. The van der Waals surface area contributed by atoms with E-state index in [9.17, 15) is 18.0 Å². The van der Waals surface area contributed by atoms with Gasteiger partial charge in [-0.25, -0.2) is 0 Å². The molecule has 0 aliphatic carbocycles. The highest BCUT2D eigenvalue weighted by Gasteiger charge is 2.30. The molecule has 1 heterocycles. The maximum atomic E-state index is 12.7. The summed E-state index contributed by atoms with van der Waals surface area (Å²) in [5.74, 6) is -0.413. The van der Waals surface area contributed by atoms with Crippen molar-refractivity contribution in [1.29, 1.82) is 0 Å². The predicted octanol–water partition coefficient (Wildman–Crippen LogP) is 4.02. The number of thioether (sulfide) groups is 1. The molecule has 0 fully saturated rings. The Morgan fingerprint density at radius 2 is 1.95 bits per heavy atom. The van der Waals surface area contributed by atoms with Gasteiger partial charge in [0, 0.05) is 13.1 Å². The lowest BCUT2D eigenvalue weighted by Crippen LogP contribution is -2.26. The first-order valence-electron chi connectivity index (χ1n) is 6.80. The van der Waals surface area contributed by atoms with E-state index in [0.29, 0.717) is 28.7 Å². The van der Waals surface area contributed by atoms with Crippen LogP contribution in [0.1, 0.15) is 25.0 Å². The number of rotatable bonds is 3. The number of alkyl halides is 3. The van der Waals surface area contributed by atoms with Gasteiger partial charge < -0.3 is 4.90 Å². The van der Waals surface area contributed by atoms with Crippen molar-refractivity contribution in [3.05, 3.63) is 40.3 Å². The number of amides is 1. The number of aliphatic imine (C=N–C) groups is 1. The van der Waals surface area contributed by atoms with Crippen LogP contribution in [0.3, 0.4) is 0 Å². The van der Waals surface area contributed by atoms with Crippen molar-refractivity contribution in [2.45, 2.75) is 20.0 Å². The maximum Gasteiger partial charge on any atom is 0.416 e. The van der Waals surface area contributed by atoms with Gasteiger partial charge in [-0.3, -0.25) is 4.79 Å². The molecule has 1 aromatic rings. The lowest BCUT2D eigenvalue weighted by Gasteiger charge is -2.18. The number of carbonyl (C=O) groups is 1. The fourth-order valence-corrected chi connectivity index (χ4v) is 3.02. The zero-order valence-corrected chi connectivity index (χ0v) is 13.0. The van der Waals surface area contributed by atoms with E-state index in [1.807, 2.05) is 18.7 Å². The molecule has 0 radical (unpaired) electrons. The molecule has 3 nitrogen and oxygen atoms in total. The van der Waals surface area contributed by atoms with E-state index >= 15 is 0 Å². The Bertz CT molecular complexity index is 634. The minimum absolute atomic E-state index is 0.334. The van der Waals surface area contributed by atoms with E-state index in [-0.39, 0.29) is 0 Å². The third-order valence-electron chi connectivity index (χ3n) is 3.15. The van der Waals surface area contributed by atoms with Crippen molar-refractivity contribution < 1.29 is 18.0 Å². The van der Waals surface area contributed by atoms with Crippen molar-refractivity contribution in [3.63, 3.8) is 0 Å². The molecule has 0 saturated heterocycles. The Morgan fingerprint density at radius 3 is 2.55 bits per heavy atom. The molecule has 0 bridgehead atoms. The Balaban J connectivity index is 2.24. The van der Waals surface area contributed by atoms with Gasteiger partial charge in [-0.2, -0.15) is 18.2 Å². The average Bonchev–Trinajstić information content (AvgIpc) is 2.81. The number of nitrogens with zero attached hydrogens (tertiary/aromatic N) is 2. The maximum absolute atomic E-state index is 12.7. The van der Waals surface area contributed by atoms with Crippen molar-refractivity contribution >= 4 is 28.9 Å². The highest BCUT2D eigenvalue weighted by atomic mass is 32.2. The molecule has 22 heavy (non-hydrogen) atoms. The zero-order valence-electron chi connectivity index (χ0n) is 12.1. The van der Waals surface area contributed by atoms with Crippen molar-refractivity contribution in [3.8, 4) is 0 Å². The van der Waals surface area contributed by atoms with E-state index < -0.39 is 17.6 Å². The molecule has 0 spiro atoms. The van der Waals surface area contributed by atoms with E-state index in [2.05, 4.69) is 4.99 Å². The predicted molar refractivity (Wildman–Crippen MR) is 82.4 cm³/mol.